The largest absolute Gasteiger partial charge is 0.491 e. The van der Waals surface area contributed by atoms with Gasteiger partial charge in [-0.3, -0.25) is 34.3 Å². The molecule has 2 N–H and O–H groups in total. The van der Waals surface area contributed by atoms with Crippen molar-refractivity contribution in [3.8, 4) is 11.5 Å². The second-order valence-electron chi connectivity index (χ2n) is 15.6. The van der Waals surface area contributed by atoms with Gasteiger partial charge in [-0.2, -0.15) is 0 Å². The molecule has 4 aromatic carbocycles. The van der Waals surface area contributed by atoms with Crippen LogP contribution in [0.1, 0.15) is 27.0 Å². The van der Waals surface area contributed by atoms with E-state index in [2.05, 4.69) is 40.4 Å². The highest BCUT2D eigenvalue weighted by molar-refractivity contribution is 8.18. The molecule has 13 nitrogen and oxygen atoms in total. The van der Waals surface area contributed by atoms with E-state index < -0.39 is 0 Å². The summed E-state index contributed by atoms with van der Waals surface area (Å²) in [4.78, 5) is 56.1. The van der Waals surface area contributed by atoms with Gasteiger partial charge in [-0.15, -0.1) is 0 Å². The average Bonchev–Trinajstić information content (AvgIpc) is 3.89. The molecule has 0 unspecified atom stereocenters. The molecule has 2 fully saturated rings. The minimum absolute atomic E-state index is 0.00509. The Morgan fingerprint density at radius 3 is 1.73 bits per heavy atom. The third-order valence-corrected chi connectivity index (χ3v) is 11.7. The van der Waals surface area contributed by atoms with Crippen LogP contribution in [0.5, 0.6) is 11.5 Å². The molecule has 6 aromatic rings. The molecule has 0 atom stereocenters. The van der Waals surface area contributed by atoms with Crippen LogP contribution in [0, 0.1) is 11.6 Å². The quantitative estimate of drug-likeness (QED) is 0.0727. The first-order valence-corrected chi connectivity index (χ1v) is 23.2. The molecule has 0 aliphatic carbocycles. The maximum atomic E-state index is 13.3. The first kappa shape index (κ1) is 49.9. The number of benzene rings is 4. The van der Waals surface area contributed by atoms with Crippen LogP contribution in [0.15, 0.2) is 124 Å². The Kier molecular flexibility index (Phi) is 18.9. The fourth-order valence-electron chi connectivity index (χ4n) is 6.39. The molecule has 2 saturated heterocycles. The standard InChI is InChI=1S/C25H25FN4O2S.C14H16N2O2.C11H11FN2OS/c1-30(2)12-13-32-22-9-11-27-21-7-6-18(15-20(21)22)16-23-24(31)29-25(33-23)28-10-8-17-4-3-5-19(26)14-17;1-16(2)7-8-18-14-5-6-15-13-4-3-11(10-17)9-12(13)14;12-9-3-1-2-8(6-9)4-5-13-11-14-10(15)7-16-11/h3-7,9,11,14-16H,8,10,12-13H2,1-2H3,(H,28,29,31);3-6,9-10H,7-8H2,1-2H3;1-3,6H,4-5,7H2,(H,13,14,15)/b23-16-;;. The van der Waals surface area contributed by atoms with Crippen molar-refractivity contribution in [3.63, 3.8) is 0 Å². The molecule has 67 heavy (non-hydrogen) atoms. The lowest BCUT2D eigenvalue weighted by Gasteiger charge is -2.12. The molecule has 2 aliphatic heterocycles. The van der Waals surface area contributed by atoms with E-state index in [1.54, 1.807) is 36.7 Å². The Morgan fingerprint density at radius 2 is 1.22 bits per heavy atom. The molecule has 2 aliphatic rings. The molecule has 0 radical (unpaired) electrons. The van der Waals surface area contributed by atoms with E-state index in [-0.39, 0.29) is 23.4 Å². The summed E-state index contributed by atoms with van der Waals surface area (Å²) in [6.07, 6.45) is 7.40. The zero-order valence-corrected chi connectivity index (χ0v) is 39.3. The van der Waals surface area contributed by atoms with E-state index in [1.165, 1.54) is 47.8 Å². The lowest BCUT2D eigenvalue weighted by molar-refractivity contribution is -0.117. The first-order chi connectivity index (χ1) is 32.4. The zero-order chi connectivity index (χ0) is 47.5. The summed E-state index contributed by atoms with van der Waals surface area (Å²) in [5.41, 5.74) is 4.97. The highest BCUT2D eigenvalue weighted by Gasteiger charge is 2.23. The Hall–Kier alpha value is -6.53. The van der Waals surface area contributed by atoms with Gasteiger partial charge in [-0.25, -0.2) is 8.78 Å². The molecule has 2 aromatic heterocycles. The van der Waals surface area contributed by atoms with Crippen molar-refractivity contribution < 1.29 is 32.6 Å². The molecule has 0 saturated carbocycles. The molecule has 348 valence electrons. The van der Waals surface area contributed by atoms with Gasteiger partial charge in [0.15, 0.2) is 10.3 Å². The van der Waals surface area contributed by atoms with Gasteiger partial charge in [0, 0.05) is 54.9 Å². The summed E-state index contributed by atoms with van der Waals surface area (Å²) in [5, 5.41) is 8.45. The van der Waals surface area contributed by atoms with Crippen molar-refractivity contribution in [1.29, 1.82) is 0 Å². The normalized spacial score (nSPS) is 15.1. The van der Waals surface area contributed by atoms with Gasteiger partial charge in [0.25, 0.3) is 5.91 Å². The number of hydrogen-bond acceptors (Lipinski definition) is 13. The molecule has 17 heteroatoms. The van der Waals surface area contributed by atoms with Gasteiger partial charge < -0.3 is 29.9 Å². The molecule has 0 spiro atoms. The van der Waals surface area contributed by atoms with Crippen LogP contribution in [0.2, 0.25) is 0 Å². The molecule has 0 bridgehead atoms. The third kappa shape index (κ3) is 16.1. The number of pyridine rings is 2. The number of ether oxygens (including phenoxy) is 2. The smallest absolute Gasteiger partial charge is 0.264 e. The van der Waals surface area contributed by atoms with Gasteiger partial charge in [-0.05, 0) is 142 Å². The van der Waals surface area contributed by atoms with Crippen molar-refractivity contribution in [1.82, 2.24) is 30.4 Å². The number of nitrogens with zero attached hydrogens (tertiary/aromatic N) is 6. The van der Waals surface area contributed by atoms with Crippen molar-refractivity contribution in [2.45, 2.75) is 12.8 Å². The fourth-order valence-corrected chi connectivity index (χ4v) is 7.95. The van der Waals surface area contributed by atoms with E-state index >= 15 is 0 Å². The van der Waals surface area contributed by atoms with Crippen molar-refractivity contribution in [2.24, 2.45) is 9.98 Å². The van der Waals surface area contributed by atoms with E-state index in [1.807, 2.05) is 82.8 Å². The van der Waals surface area contributed by atoms with Crippen LogP contribution in [-0.2, 0) is 22.4 Å². The number of halogens is 2. The highest BCUT2D eigenvalue weighted by atomic mass is 32.2. The van der Waals surface area contributed by atoms with E-state index in [4.69, 9.17) is 9.47 Å². The van der Waals surface area contributed by atoms with Crippen LogP contribution < -0.4 is 20.1 Å². The number of nitrogens with one attached hydrogen (secondary N) is 2. The van der Waals surface area contributed by atoms with E-state index in [9.17, 15) is 23.2 Å². The number of carbonyl (C=O) groups is 3. The van der Waals surface area contributed by atoms with Crippen LogP contribution in [0.25, 0.3) is 27.9 Å². The van der Waals surface area contributed by atoms with Gasteiger partial charge in [0.1, 0.15) is 42.6 Å². The van der Waals surface area contributed by atoms with Crippen molar-refractivity contribution >= 4 is 79.8 Å². The Balaban J connectivity index is 0.000000183. The number of aliphatic imine (C=N–C) groups is 2. The van der Waals surface area contributed by atoms with Crippen LogP contribution in [0.3, 0.4) is 0 Å². The third-order valence-electron chi connectivity index (χ3n) is 9.80. The number of hydrogen-bond donors (Lipinski definition) is 2. The van der Waals surface area contributed by atoms with Crippen molar-refractivity contribution in [3.05, 3.63) is 148 Å². The first-order valence-electron chi connectivity index (χ1n) is 21.4. The SMILES string of the molecule is CN(C)CCOc1ccnc2ccc(/C=C3\SC(=NCCc4cccc(F)c4)NC3=O)cc12.CN(C)CCOc1ccnc2ccc(C=O)cc12.O=C1CSC(=NCCc2cccc(F)c2)N1. The average molecular weight is 947 g/mol. The molecular weight excluding hydrogens is 895 g/mol. The van der Waals surface area contributed by atoms with Gasteiger partial charge >= 0.3 is 0 Å². The number of likely N-dealkylation sites (N-methyl/N-ethyl adjacent to an activating group) is 2. The number of thioether (sulfide) groups is 2. The molecular formula is C50H52F2N8O5S2. The maximum Gasteiger partial charge on any atom is 0.264 e. The maximum absolute atomic E-state index is 13.3. The minimum atomic E-state index is -0.259. The van der Waals surface area contributed by atoms with Gasteiger partial charge in [-0.1, -0.05) is 42.1 Å². The second kappa shape index (κ2) is 25.4. The number of aldehydes is 1. The second-order valence-corrected chi connectivity index (χ2v) is 17.6. The van der Waals surface area contributed by atoms with Crippen molar-refractivity contribution in [2.75, 3.05) is 73.3 Å². The molecule has 2 amide bonds. The Bertz CT molecular complexity index is 2770. The van der Waals surface area contributed by atoms with Crippen LogP contribution in [0.4, 0.5) is 8.78 Å². The highest BCUT2D eigenvalue weighted by Crippen LogP contribution is 2.30. The van der Waals surface area contributed by atoms with Gasteiger partial charge in [0.05, 0.1) is 21.7 Å². The zero-order valence-electron chi connectivity index (χ0n) is 37.7. The predicted molar refractivity (Wildman–Crippen MR) is 266 cm³/mol. The topological polar surface area (TPSA) is 151 Å². The summed E-state index contributed by atoms with van der Waals surface area (Å²) in [6.45, 7) is 3.87. The lowest BCUT2D eigenvalue weighted by atomic mass is 10.1. The summed E-state index contributed by atoms with van der Waals surface area (Å²) in [7, 11) is 8.00. The van der Waals surface area contributed by atoms with E-state index in [0.29, 0.717) is 65.7 Å². The minimum Gasteiger partial charge on any atom is -0.491 e. The number of amidine groups is 2. The number of fused-ring (bicyclic) bond motifs is 2. The number of amides is 2. The van der Waals surface area contributed by atoms with Crippen LogP contribution in [-0.4, -0.2) is 122 Å². The fraction of sp³-hybridized carbons (Fsp3) is 0.260. The molecule has 4 heterocycles. The van der Waals surface area contributed by atoms with Crippen LogP contribution >= 0.6 is 23.5 Å². The predicted octanol–water partition coefficient (Wildman–Crippen LogP) is 7.69. The summed E-state index contributed by atoms with van der Waals surface area (Å²) in [5.74, 6) is 1.31. The summed E-state index contributed by atoms with van der Waals surface area (Å²) >= 11 is 2.71. The monoisotopic (exact) mass is 946 g/mol. The summed E-state index contributed by atoms with van der Waals surface area (Å²) < 4.78 is 37.8. The van der Waals surface area contributed by atoms with E-state index in [0.717, 1.165) is 69.4 Å². The lowest BCUT2D eigenvalue weighted by Crippen LogP contribution is -2.20. The number of aromatic nitrogens is 2. The van der Waals surface area contributed by atoms with Gasteiger partial charge in [0.2, 0.25) is 5.91 Å². The number of carbonyl (C=O) groups excluding carboxylic acids is 3. The Morgan fingerprint density at radius 1 is 0.687 bits per heavy atom. The number of rotatable bonds is 16. The Labute approximate surface area is 397 Å². The molecule has 8 rings (SSSR count). The summed E-state index contributed by atoms with van der Waals surface area (Å²) in [6, 6.07) is 27.8.